The first-order chi connectivity index (χ1) is 22.2. The molecule has 0 saturated carbocycles. The van der Waals surface area contributed by atoms with Gasteiger partial charge in [0.2, 0.25) is 0 Å². The zero-order valence-corrected chi connectivity index (χ0v) is 26.0. The maximum absolute atomic E-state index is 13.3. The lowest BCUT2D eigenvalue weighted by Crippen LogP contribution is -2.34. The summed E-state index contributed by atoms with van der Waals surface area (Å²) in [7, 11) is 0. The summed E-state index contributed by atoms with van der Waals surface area (Å²) in [4.78, 5) is 46.9. The second-order valence-electron chi connectivity index (χ2n) is 10.0. The lowest BCUT2D eigenvalue weighted by molar-refractivity contribution is -0.137. The number of hydrogen-bond donors (Lipinski definition) is 5. The third-order valence-corrected chi connectivity index (χ3v) is 7.77. The fourth-order valence-electron chi connectivity index (χ4n) is 4.60. The summed E-state index contributed by atoms with van der Waals surface area (Å²) >= 11 is 1.53. The number of aliphatic hydroxyl groups is 1. The summed E-state index contributed by atoms with van der Waals surface area (Å²) < 4.78 is 40.0. The number of carboxylic acid groups (broad SMARTS) is 4. The molecule has 2 aromatic carbocycles. The monoisotopic (exact) mass is 683 g/mol. The van der Waals surface area contributed by atoms with Crippen LogP contribution in [0.5, 0.6) is 0 Å². The Morgan fingerprint density at radius 3 is 1.72 bits per heavy atom. The molecule has 0 spiro atoms. The molecule has 47 heavy (non-hydrogen) atoms. The second kappa shape index (κ2) is 19.3. The van der Waals surface area contributed by atoms with Gasteiger partial charge in [0, 0.05) is 60.3 Å². The summed E-state index contributed by atoms with van der Waals surface area (Å²) in [6.45, 7) is 6.41. The third kappa shape index (κ3) is 14.3. The number of carbonyl (C=O) groups is 4. The zero-order chi connectivity index (χ0) is 35.0. The number of anilines is 2. The molecule has 0 atom stereocenters. The SMILES string of the molecule is O=C(O)/C=C/C(=O)O.O=C(O)/C=C/C(=O)O.OCCN1CCCN(CCCN2c3ccccc3Sc3ccc(C(F)(F)F)cc32)CC1. The van der Waals surface area contributed by atoms with Gasteiger partial charge in [-0.15, -0.1) is 0 Å². The van der Waals surface area contributed by atoms with Crippen LogP contribution in [0.2, 0.25) is 0 Å². The van der Waals surface area contributed by atoms with Gasteiger partial charge in [-0.05, 0) is 62.8 Å². The number of rotatable bonds is 10. The number of benzene rings is 2. The Hall–Kier alpha value is -4.38. The van der Waals surface area contributed by atoms with Crippen molar-refractivity contribution < 1.29 is 57.9 Å². The van der Waals surface area contributed by atoms with Crippen molar-refractivity contribution >= 4 is 47.0 Å². The molecule has 5 N–H and O–H groups in total. The molecule has 1 fully saturated rings. The number of aliphatic carboxylic acids is 4. The topological polar surface area (TPSA) is 179 Å². The Morgan fingerprint density at radius 2 is 1.21 bits per heavy atom. The maximum atomic E-state index is 13.3. The van der Waals surface area contributed by atoms with E-state index in [0.29, 0.717) is 43.1 Å². The minimum atomic E-state index is -4.35. The first kappa shape index (κ1) is 38.8. The first-order valence-electron chi connectivity index (χ1n) is 14.3. The van der Waals surface area contributed by atoms with E-state index < -0.39 is 35.6 Å². The van der Waals surface area contributed by atoms with Gasteiger partial charge >= 0.3 is 30.1 Å². The van der Waals surface area contributed by atoms with Gasteiger partial charge in [0.15, 0.2) is 0 Å². The molecule has 0 aliphatic carbocycles. The van der Waals surface area contributed by atoms with Gasteiger partial charge in [-0.3, -0.25) is 4.90 Å². The van der Waals surface area contributed by atoms with E-state index in [9.17, 15) is 32.3 Å². The van der Waals surface area contributed by atoms with Gasteiger partial charge in [0.25, 0.3) is 0 Å². The number of carboxylic acids is 4. The summed E-state index contributed by atoms with van der Waals surface area (Å²) in [6.07, 6.45) is -0.181. The highest BCUT2D eigenvalue weighted by Gasteiger charge is 2.33. The van der Waals surface area contributed by atoms with Crippen molar-refractivity contribution in [3.05, 3.63) is 72.3 Å². The first-order valence-corrected chi connectivity index (χ1v) is 15.1. The predicted molar refractivity (Wildman–Crippen MR) is 167 cm³/mol. The lowest BCUT2D eigenvalue weighted by Gasteiger charge is -2.34. The lowest BCUT2D eigenvalue weighted by atomic mass is 10.1. The molecular formula is C31H36F3N3O9S. The number of para-hydroxylation sites is 1. The number of nitrogens with zero attached hydrogens (tertiary/aromatic N) is 3. The van der Waals surface area contributed by atoms with Crippen LogP contribution in [0.25, 0.3) is 0 Å². The Morgan fingerprint density at radius 1 is 0.702 bits per heavy atom. The molecule has 16 heteroatoms. The average Bonchev–Trinajstić information content (AvgIpc) is 3.23. The van der Waals surface area contributed by atoms with E-state index in [1.165, 1.54) is 23.9 Å². The number of halogens is 3. The quantitative estimate of drug-likeness (QED) is 0.226. The molecule has 12 nitrogen and oxygen atoms in total. The summed E-state index contributed by atoms with van der Waals surface area (Å²) in [5.74, 6) is -5.03. The third-order valence-electron chi connectivity index (χ3n) is 6.64. The van der Waals surface area contributed by atoms with Gasteiger partial charge in [-0.1, -0.05) is 23.9 Å². The van der Waals surface area contributed by atoms with Crippen molar-refractivity contribution in [2.24, 2.45) is 0 Å². The molecule has 0 aromatic heterocycles. The highest BCUT2D eigenvalue weighted by Crippen LogP contribution is 2.49. The van der Waals surface area contributed by atoms with E-state index in [-0.39, 0.29) is 6.61 Å². The molecule has 1 saturated heterocycles. The minimum Gasteiger partial charge on any atom is -0.478 e. The highest BCUT2D eigenvalue weighted by atomic mass is 32.2. The van der Waals surface area contributed by atoms with Crippen LogP contribution in [-0.2, 0) is 25.4 Å². The van der Waals surface area contributed by atoms with Crippen LogP contribution < -0.4 is 4.90 Å². The number of aliphatic hydroxyl groups excluding tert-OH is 1. The van der Waals surface area contributed by atoms with Gasteiger partial charge in [-0.2, -0.15) is 13.2 Å². The predicted octanol–water partition coefficient (Wildman–Crippen LogP) is 4.12. The Kier molecular flexibility index (Phi) is 15.9. The number of hydrogen-bond acceptors (Lipinski definition) is 9. The summed E-state index contributed by atoms with van der Waals surface area (Å²) in [5.41, 5.74) is 1.01. The fourth-order valence-corrected chi connectivity index (χ4v) is 5.67. The van der Waals surface area contributed by atoms with Crippen LogP contribution in [0.4, 0.5) is 24.5 Å². The maximum Gasteiger partial charge on any atom is 0.416 e. The zero-order valence-electron chi connectivity index (χ0n) is 25.2. The molecular weight excluding hydrogens is 647 g/mol. The van der Waals surface area contributed by atoms with Gasteiger partial charge in [-0.25, -0.2) is 19.2 Å². The van der Waals surface area contributed by atoms with Crippen LogP contribution >= 0.6 is 11.8 Å². The molecule has 2 aliphatic rings. The van der Waals surface area contributed by atoms with Crippen molar-refractivity contribution in [3.63, 3.8) is 0 Å². The molecule has 0 amide bonds. The number of β-amino-alcohol motifs (C(OH)–C–C–N with tert-alkyl or cyclic N) is 1. The van der Waals surface area contributed by atoms with Gasteiger partial charge in [0.1, 0.15) is 0 Å². The van der Waals surface area contributed by atoms with Crippen molar-refractivity contribution in [1.29, 1.82) is 0 Å². The molecule has 2 aliphatic heterocycles. The standard InChI is InChI=1S/C23H28F3N3OS.2C4H4O4/c24-23(25,26)18-7-8-22-20(17-18)29(19-5-1-2-6-21(19)31-22)12-4-11-27-9-3-10-28(14-13-27)15-16-30;2*5-3(6)1-2-4(7)8/h1-2,5-8,17,30H,3-4,9-16H2;2*1-2H,(H,5,6)(H,7,8)/b;2*2-1+. The smallest absolute Gasteiger partial charge is 0.416 e. The Bertz CT molecular complexity index is 1370. The average molecular weight is 684 g/mol. The van der Waals surface area contributed by atoms with Crippen LogP contribution in [0, 0.1) is 0 Å². The van der Waals surface area contributed by atoms with E-state index >= 15 is 0 Å². The summed E-state index contributed by atoms with van der Waals surface area (Å²) in [5, 5.41) is 40.4. The van der Waals surface area contributed by atoms with Crippen LogP contribution in [-0.4, -0.2) is 112 Å². The van der Waals surface area contributed by atoms with Crippen molar-refractivity contribution in [2.45, 2.75) is 28.8 Å². The van der Waals surface area contributed by atoms with Gasteiger partial charge in [0.05, 0.1) is 23.5 Å². The molecule has 2 heterocycles. The summed E-state index contributed by atoms with van der Waals surface area (Å²) in [6, 6.07) is 12.0. The van der Waals surface area contributed by atoms with Crippen molar-refractivity contribution in [2.75, 3.05) is 57.3 Å². The molecule has 2 aromatic rings. The molecule has 0 radical (unpaired) electrons. The highest BCUT2D eigenvalue weighted by molar-refractivity contribution is 7.99. The molecule has 4 rings (SSSR count). The normalized spacial score (nSPS) is 15.0. The van der Waals surface area contributed by atoms with Crippen molar-refractivity contribution in [1.82, 2.24) is 9.80 Å². The van der Waals surface area contributed by atoms with E-state index in [1.54, 1.807) is 6.07 Å². The molecule has 256 valence electrons. The number of fused-ring (bicyclic) bond motifs is 2. The Labute approximate surface area is 273 Å². The second-order valence-corrected chi connectivity index (χ2v) is 11.1. The van der Waals surface area contributed by atoms with Crippen molar-refractivity contribution in [3.8, 4) is 0 Å². The number of alkyl halides is 3. The van der Waals surface area contributed by atoms with Crippen LogP contribution in [0.15, 0.2) is 76.6 Å². The molecule has 0 unspecified atom stereocenters. The van der Waals surface area contributed by atoms with Gasteiger partial charge < -0.3 is 35.3 Å². The van der Waals surface area contributed by atoms with Crippen LogP contribution in [0.1, 0.15) is 18.4 Å². The van der Waals surface area contributed by atoms with E-state index in [4.69, 9.17) is 25.5 Å². The largest absolute Gasteiger partial charge is 0.478 e. The van der Waals surface area contributed by atoms with E-state index in [0.717, 1.165) is 61.0 Å². The fraction of sp³-hybridized carbons (Fsp3) is 0.355. The van der Waals surface area contributed by atoms with Crippen LogP contribution in [0.3, 0.4) is 0 Å². The molecule has 0 bridgehead atoms. The van der Waals surface area contributed by atoms with E-state index in [1.807, 2.05) is 29.2 Å². The Balaban J connectivity index is 0.000000397. The van der Waals surface area contributed by atoms with E-state index in [2.05, 4.69) is 9.80 Å². The minimum absolute atomic E-state index is 0.186.